The Balaban J connectivity index is 1.97. The fraction of sp³-hybridized carbons (Fsp3) is 0.538. The van der Waals surface area contributed by atoms with Crippen LogP contribution in [0.25, 0.3) is 0 Å². The largest absolute Gasteiger partial charge is 0.341 e. The van der Waals surface area contributed by atoms with Crippen molar-refractivity contribution >= 4 is 12.2 Å². The molecule has 5 heteroatoms. The molecule has 0 bridgehead atoms. The van der Waals surface area contributed by atoms with Crippen molar-refractivity contribution in [2.75, 3.05) is 0 Å². The van der Waals surface area contributed by atoms with Crippen LogP contribution in [0.3, 0.4) is 0 Å². The molecule has 1 aromatic heterocycles. The van der Waals surface area contributed by atoms with Gasteiger partial charge in [0.15, 0.2) is 0 Å². The van der Waals surface area contributed by atoms with E-state index in [4.69, 9.17) is 0 Å². The van der Waals surface area contributed by atoms with Crippen molar-refractivity contribution in [2.45, 2.75) is 38.1 Å². The predicted octanol–water partition coefficient (Wildman–Crippen LogP) is 1.35. The molecule has 1 saturated carbocycles. The Morgan fingerprint density at radius 2 is 2.11 bits per heavy atom. The van der Waals surface area contributed by atoms with Crippen LogP contribution in [-0.4, -0.2) is 28.2 Å². The number of rotatable bonds is 4. The smallest absolute Gasteiger partial charge is 0.272 e. The quantitative estimate of drug-likeness (QED) is 0.815. The molecule has 2 rings (SSSR count). The molecule has 1 aromatic rings. The van der Waals surface area contributed by atoms with E-state index < -0.39 is 6.04 Å². The van der Waals surface area contributed by atoms with Gasteiger partial charge in [-0.2, -0.15) is 0 Å². The van der Waals surface area contributed by atoms with Gasteiger partial charge in [-0.15, -0.1) is 0 Å². The van der Waals surface area contributed by atoms with Crippen molar-refractivity contribution in [2.24, 2.45) is 5.92 Å². The second-order valence-electron chi connectivity index (χ2n) is 4.62. The SMILES string of the molecule is O=CC(NC(=O)c1cnccn1)C1CCCCC1. The van der Waals surface area contributed by atoms with Gasteiger partial charge in [-0.05, 0) is 18.8 Å². The highest BCUT2D eigenvalue weighted by Gasteiger charge is 2.25. The summed E-state index contributed by atoms with van der Waals surface area (Å²) in [5.41, 5.74) is 0.250. The second kappa shape index (κ2) is 6.23. The van der Waals surface area contributed by atoms with E-state index in [1.54, 1.807) is 0 Å². The molecular weight excluding hydrogens is 230 g/mol. The summed E-state index contributed by atoms with van der Waals surface area (Å²) < 4.78 is 0. The first-order valence-corrected chi connectivity index (χ1v) is 6.33. The molecule has 1 heterocycles. The highest BCUT2D eigenvalue weighted by Crippen LogP contribution is 2.25. The van der Waals surface area contributed by atoms with Crippen molar-refractivity contribution in [3.05, 3.63) is 24.3 Å². The van der Waals surface area contributed by atoms with Crippen LogP contribution in [0.15, 0.2) is 18.6 Å². The third-order valence-electron chi connectivity index (χ3n) is 3.40. The van der Waals surface area contributed by atoms with E-state index in [0.717, 1.165) is 32.0 Å². The lowest BCUT2D eigenvalue weighted by Crippen LogP contribution is -2.42. The lowest BCUT2D eigenvalue weighted by atomic mass is 9.84. The van der Waals surface area contributed by atoms with E-state index in [2.05, 4.69) is 15.3 Å². The van der Waals surface area contributed by atoms with Crippen LogP contribution in [0.1, 0.15) is 42.6 Å². The van der Waals surface area contributed by atoms with Crippen molar-refractivity contribution in [3.63, 3.8) is 0 Å². The number of amides is 1. The molecule has 0 aliphatic heterocycles. The fourth-order valence-electron chi connectivity index (χ4n) is 2.40. The van der Waals surface area contributed by atoms with E-state index >= 15 is 0 Å². The van der Waals surface area contributed by atoms with Gasteiger partial charge in [0.1, 0.15) is 12.0 Å². The highest BCUT2D eigenvalue weighted by molar-refractivity contribution is 5.93. The normalized spacial score (nSPS) is 18.0. The molecular formula is C13H17N3O2. The predicted molar refractivity (Wildman–Crippen MR) is 65.9 cm³/mol. The van der Waals surface area contributed by atoms with Gasteiger partial charge in [0, 0.05) is 12.4 Å². The Morgan fingerprint density at radius 1 is 1.33 bits per heavy atom. The van der Waals surface area contributed by atoms with Crippen LogP contribution in [0.5, 0.6) is 0 Å². The van der Waals surface area contributed by atoms with Gasteiger partial charge in [-0.1, -0.05) is 19.3 Å². The molecule has 1 aliphatic carbocycles. The van der Waals surface area contributed by atoms with E-state index in [-0.39, 0.29) is 17.5 Å². The zero-order chi connectivity index (χ0) is 12.8. The zero-order valence-electron chi connectivity index (χ0n) is 10.2. The Morgan fingerprint density at radius 3 is 2.72 bits per heavy atom. The summed E-state index contributed by atoms with van der Waals surface area (Å²) in [6.07, 6.45) is 10.7. The van der Waals surface area contributed by atoms with Crippen LogP contribution in [0.4, 0.5) is 0 Å². The minimum Gasteiger partial charge on any atom is -0.341 e. The molecule has 1 fully saturated rings. The monoisotopic (exact) mass is 247 g/mol. The van der Waals surface area contributed by atoms with Crippen LogP contribution < -0.4 is 5.32 Å². The second-order valence-corrected chi connectivity index (χ2v) is 4.62. The molecule has 5 nitrogen and oxygen atoms in total. The van der Waals surface area contributed by atoms with Crippen molar-refractivity contribution < 1.29 is 9.59 Å². The molecule has 18 heavy (non-hydrogen) atoms. The Hall–Kier alpha value is -1.78. The Bertz CT molecular complexity index is 402. The molecule has 0 spiro atoms. The average molecular weight is 247 g/mol. The lowest BCUT2D eigenvalue weighted by Gasteiger charge is -2.27. The average Bonchev–Trinajstić information content (AvgIpc) is 2.46. The fourth-order valence-corrected chi connectivity index (χ4v) is 2.40. The highest BCUT2D eigenvalue weighted by atomic mass is 16.2. The van der Waals surface area contributed by atoms with Crippen molar-refractivity contribution in [1.82, 2.24) is 15.3 Å². The first-order chi connectivity index (χ1) is 8.81. The maximum Gasteiger partial charge on any atom is 0.272 e. The summed E-state index contributed by atoms with van der Waals surface area (Å²) in [4.78, 5) is 30.8. The summed E-state index contributed by atoms with van der Waals surface area (Å²) >= 11 is 0. The van der Waals surface area contributed by atoms with Gasteiger partial charge < -0.3 is 10.1 Å². The number of nitrogens with one attached hydrogen (secondary N) is 1. The van der Waals surface area contributed by atoms with Crippen LogP contribution >= 0.6 is 0 Å². The number of aldehydes is 1. The van der Waals surface area contributed by atoms with Crippen LogP contribution in [0.2, 0.25) is 0 Å². The number of nitrogens with zero attached hydrogens (tertiary/aromatic N) is 2. The zero-order valence-corrected chi connectivity index (χ0v) is 10.2. The van der Waals surface area contributed by atoms with E-state index in [9.17, 15) is 9.59 Å². The van der Waals surface area contributed by atoms with Gasteiger partial charge in [0.2, 0.25) is 0 Å². The van der Waals surface area contributed by atoms with Crippen LogP contribution in [-0.2, 0) is 4.79 Å². The maximum atomic E-state index is 11.9. The van der Waals surface area contributed by atoms with Crippen molar-refractivity contribution in [3.8, 4) is 0 Å². The molecule has 1 atom stereocenters. The summed E-state index contributed by atoms with van der Waals surface area (Å²) in [5.74, 6) is -0.0670. The molecule has 0 radical (unpaired) electrons. The standard InChI is InChI=1S/C13H17N3O2/c17-9-12(10-4-2-1-3-5-10)16-13(18)11-8-14-6-7-15-11/h6-10,12H,1-5H2,(H,16,18). The van der Waals surface area contributed by atoms with E-state index in [1.807, 2.05) is 0 Å². The number of aromatic nitrogens is 2. The van der Waals surface area contributed by atoms with Gasteiger partial charge >= 0.3 is 0 Å². The lowest BCUT2D eigenvalue weighted by molar-refractivity contribution is -0.110. The number of carbonyl (C=O) groups excluding carboxylic acids is 2. The minimum absolute atomic E-state index is 0.250. The number of hydrogen-bond acceptors (Lipinski definition) is 4. The third kappa shape index (κ3) is 3.12. The summed E-state index contributed by atoms with van der Waals surface area (Å²) in [6, 6.07) is -0.403. The van der Waals surface area contributed by atoms with E-state index in [1.165, 1.54) is 25.0 Å². The summed E-state index contributed by atoms with van der Waals surface area (Å²) in [7, 11) is 0. The summed E-state index contributed by atoms with van der Waals surface area (Å²) in [6.45, 7) is 0. The Kier molecular flexibility index (Phi) is 4.39. The molecule has 1 N–H and O–H groups in total. The molecule has 1 aliphatic rings. The molecule has 1 amide bonds. The van der Waals surface area contributed by atoms with Gasteiger partial charge in [0.25, 0.3) is 5.91 Å². The molecule has 1 unspecified atom stereocenters. The number of hydrogen-bond donors (Lipinski definition) is 1. The Labute approximate surface area is 106 Å². The molecule has 0 saturated heterocycles. The molecule has 96 valence electrons. The minimum atomic E-state index is -0.403. The maximum absolute atomic E-state index is 11.9. The van der Waals surface area contributed by atoms with E-state index in [0.29, 0.717) is 0 Å². The summed E-state index contributed by atoms with van der Waals surface area (Å²) in [5, 5.41) is 2.74. The topological polar surface area (TPSA) is 72.0 Å². The molecule has 0 aromatic carbocycles. The number of carbonyl (C=O) groups is 2. The first kappa shape index (κ1) is 12.7. The van der Waals surface area contributed by atoms with Gasteiger partial charge in [-0.3, -0.25) is 9.78 Å². The van der Waals surface area contributed by atoms with Gasteiger partial charge in [0.05, 0.1) is 12.2 Å². The first-order valence-electron chi connectivity index (χ1n) is 6.33. The van der Waals surface area contributed by atoms with Crippen molar-refractivity contribution in [1.29, 1.82) is 0 Å². The van der Waals surface area contributed by atoms with Crippen LogP contribution in [0, 0.1) is 5.92 Å². The third-order valence-corrected chi connectivity index (χ3v) is 3.40. The van der Waals surface area contributed by atoms with Gasteiger partial charge in [-0.25, -0.2) is 4.98 Å².